The lowest BCUT2D eigenvalue weighted by molar-refractivity contribution is 0.0935. The Balaban J connectivity index is 1.81. The Morgan fingerprint density at radius 2 is 1.43 bits per heavy atom. The van der Waals surface area contributed by atoms with Crippen molar-refractivity contribution in [1.29, 1.82) is 0 Å². The molecule has 5 nitrogen and oxygen atoms in total. The third kappa shape index (κ3) is 3.30. The molecular formula is C23H19N3O2. The van der Waals surface area contributed by atoms with Gasteiger partial charge in [-0.1, -0.05) is 66.7 Å². The second-order valence-corrected chi connectivity index (χ2v) is 6.55. The molecule has 1 heterocycles. The van der Waals surface area contributed by atoms with E-state index in [2.05, 4.69) is 10.4 Å². The molecular weight excluding hydrogens is 350 g/mol. The van der Waals surface area contributed by atoms with E-state index in [0.717, 1.165) is 5.56 Å². The summed E-state index contributed by atoms with van der Waals surface area (Å²) in [7, 11) is 0. The Kier molecular flexibility index (Phi) is 4.72. The summed E-state index contributed by atoms with van der Waals surface area (Å²) in [5.41, 5.74) is 1.58. The van der Waals surface area contributed by atoms with Crippen LogP contribution >= 0.6 is 0 Å². The molecule has 4 rings (SSSR count). The fraction of sp³-hybridized carbons (Fsp3) is 0.0870. The Bertz CT molecular complexity index is 1180. The van der Waals surface area contributed by atoms with Gasteiger partial charge in [-0.3, -0.25) is 9.59 Å². The van der Waals surface area contributed by atoms with E-state index in [1.807, 2.05) is 55.5 Å². The SMILES string of the molecule is CC(NC(=O)c1nn(-c2ccccc2)c(=O)c2ccccc12)c1ccccc1. The molecule has 5 heteroatoms. The molecule has 1 unspecified atom stereocenters. The van der Waals surface area contributed by atoms with E-state index in [9.17, 15) is 9.59 Å². The molecule has 1 N–H and O–H groups in total. The minimum absolute atomic E-state index is 0.189. The highest BCUT2D eigenvalue weighted by atomic mass is 16.2. The van der Waals surface area contributed by atoms with Gasteiger partial charge in [-0.2, -0.15) is 9.78 Å². The summed E-state index contributed by atoms with van der Waals surface area (Å²) in [5.74, 6) is -0.322. The van der Waals surface area contributed by atoms with Crippen LogP contribution < -0.4 is 10.9 Å². The van der Waals surface area contributed by atoms with Crippen molar-refractivity contribution in [3.05, 3.63) is 107 Å². The van der Waals surface area contributed by atoms with Crippen molar-refractivity contribution in [2.45, 2.75) is 13.0 Å². The number of benzene rings is 3. The zero-order valence-corrected chi connectivity index (χ0v) is 15.4. The average molecular weight is 369 g/mol. The number of hydrogen-bond acceptors (Lipinski definition) is 3. The van der Waals surface area contributed by atoms with E-state index >= 15 is 0 Å². The van der Waals surface area contributed by atoms with Gasteiger partial charge in [0.1, 0.15) is 0 Å². The van der Waals surface area contributed by atoms with Gasteiger partial charge >= 0.3 is 0 Å². The molecule has 1 atom stereocenters. The number of fused-ring (bicyclic) bond motifs is 1. The third-order valence-corrected chi connectivity index (χ3v) is 4.67. The van der Waals surface area contributed by atoms with Gasteiger partial charge in [0.25, 0.3) is 11.5 Å². The molecule has 0 spiro atoms. The first kappa shape index (κ1) is 17.7. The van der Waals surface area contributed by atoms with Crippen LogP contribution in [-0.2, 0) is 0 Å². The highest BCUT2D eigenvalue weighted by Gasteiger charge is 2.19. The number of aromatic nitrogens is 2. The predicted octanol–water partition coefficient (Wildman–Crippen LogP) is 3.88. The lowest BCUT2D eigenvalue weighted by atomic mass is 10.1. The van der Waals surface area contributed by atoms with Gasteiger partial charge in [0.2, 0.25) is 0 Å². The highest BCUT2D eigenvalue weighted by molar-refractivity contribution is 6.05. The first-order valence-corrected chi connectivity index (χ1v) is 9.08. The van der Waals surface area contributed by atoms with Gasteiger partial charge in [0.05, 0.1) is 17.1 Å². The molecule has 0 radical (unpaired) electrons. The van der Waals surface area contributed by atoms with Crippen LogP contribution in [0.3, 0.4) is 0 Å². The highest BCUT2D eigenvalue weighted by Crippen LogP contribution is 2.17. The number of carbonyl (C=O) groups excluding carboxylic acids is 1. The molecule has 138 valence electrons. The van der Waals surface area contributed by atoms with Gasteiger partial charge in [0.15, 0.2) is 5.69 Å². The monoisotopic (exact) mass is 369 g/mol. The smallest absolute Gasteiger partial charge is 0.279 e. The normalized spacial score (nSPS) is 11.9. The zero-order valence-electron chi connectivity index (χ0n) is 15.4. The summed E-state index contributed by atoms with van der Waals surface area (Å²) in [4.78, 5) is 26.0. The summed E-state index contributed by atoms with van der Waals surface area (Å²) in [6.45, 7) is 1.92. The lowest BCUT2D eigenvalue weighted by Crippen LogP contribution is -2.31. The van der Waals surface area contributed by atoms with Crippen molar-refractivity contribution in [2.75, 3.05) is 0 Å². The molecule has 0 bridgehead atoms. The molecule has 0 aliphatic carbocycles. The van der Waals surface area contributed by atoms with Crippen LogP contribution in [0.1, 0.15) is 29.0 Å². The van der Waals surface area contributed by atoms with Gasteiger partial charge in [-0.15, -0.1) is 0 Å². The van der Waals surface area contributed by atoms with E-state index in [1.54, 1.807) is 36.4 Å². The molecule has 1 aromatic heterocycles. The zero-order chi connectivity index (χ0) is 19.5. The molecule has 0 saturated carbocycles. The standard InChI is InChI=1S/C23H19N3O2/c1-16(17-10-4-2-5-11-17)24-22(27)21-19-14-8-9-15-20(19)23(28)26(25-21)18-12-6-3-7-13-18/h2-16H,1H3,(H,24,27). The fourth-order valence-electron chi connectivity index (χ4n) is 3.19. The maximum absolute atomic E-state index is 13.0. The van der Waals surface area contributed by atoms with E-state index < -0.39 is 0 Å². The van der Waals surface area contributed by atoms with Gasteiger partial charge in [-0.25, -0.2) is 0 Å². The largest absolute Gasteiger partial charge is 0.344 e. The van der Waals surface area contributed by atoms with E-state index in [0.29, 0.717) is 16.5 Å². The average Bonchev–Trinajstić information content (AvgIpc) is 2.75. The molecule has 0 fully saturated rings. The molecule has 4 aromatic rings. The second-order valence-electron chi connectivity index (χ2n) is 6.55. The molecule has 0 aliphatic rings. The van der Waals surface area contributed by atoms with Crippen LogP contribution in [0.2, 0.25) is 0 Å². The van der Waals surface area contributed by atoms with Crippen LogP contribution in [0, 0.1) is 0 Å². The maximum atomic E-state index is 13.0. The number of carbonyl (C=O) groups is 1. The van der Waals surface area contributed by atoms with Crippen molar-refractivity contribution >= 4 is 16.7 Å². The molecule has 3 aromatic carbocycles. The number of hydrogen-bond donors (Lipinski definition) is 1. The molecule has 1 amide bonds. The topological polar surface area (TPSA) is 64.0 Å². The summed E-state index contributed by atoms with van der Waals surface area (Å²) in [5, 5.41) is 8.39. The Hall–Kier alpha value is -3.73. The van der Waals surface area contributed by atoms with E-state index in [4.69, 9.17) is 0 Å². The molecule has 0 saturated heterocycles. The first-order chi connectivity index (χ1) is 13.6. The summed E-state index contributed by atoms with van der Waals surface area (Å²) in [6.07, 6.45) is 0. The predicted molar refractivity (Wildman–Crippen MR) is 110 cm³/mol. The van der Waals surface area contributed by atoms with Crippen LogP contribution in [0.25, 0.3) is 16.5 Å². The minimum atomic E-state index is -0.322. The third-order valence-electron chi connectivity index (χ3n) is 4.67. The molecule has 28 heavy (non-hydrogen) atoms. The number of nitrogens with one attached hydrogen (secondary N) is 1. The number of nitrogens with zero attached hydrogens (tertiary/aromatic N) is 2. The number of para-hydroxylation sites is 1. The van der Waals surface area contributed by atoms with Crippen molar-refractivity contribution in [1.82, 2.24) is 15.1 Å². The Morgan fingerprint density at radius 1 is 0.857 bits per heavy atom. The fourth-order valence-corrected chi connectivity index (χ4v) is 3.19. The summed E-state index contributed by atoms with van der Waals surface area (Å²) < 4.78 is 1.28. The first-order valence-electron chi connectivity index (χ1n) is 9.08. The van der Waals surface area contributed by atoms with Crippen LogP contribution in [0.5, 0.6) is 0 Å². The lowest BCUT2D eigenvalue weighted by Gasteiger charge is -2.16. The van der Waals surface area contributed by atoms with Gasteiger partial charge in [0, 0.05) is 5.39 Å². The van der Waals surface area contributed by atoms with Crippen LogP contribution in [-0.4, -0.2) is 15.7 Å². The Morgan fingerprint density at radius 3 is 2.11 bits per heavy atom. The maximum Gasteiger partial charge on any atom is 0.279 e. The second kappa shape index (κ2) is 7.48. The summed E-state index contributed by atoms with van der Waals surface area (Å²) >= 11 is 0. The van der Waals surface area contributed by atoms with Crippen LogP contribution in [0.4, 0.5) is 0 Å². The van der Waals surface area contributed by atoms with Crippen molar-refractivity contribution < 1.29 is 4.79 Å². The van der Waals surface area contributed by atoms with E-state index in [1.165, 1.54) is 4.68 Å². The van der Waals surface area contributed by atoms with Crippen molar-refractivity contribution in [2.24, 2.45) is 0 Å². The molecule has 0 aliphatic heterocycles. The minimum Gasteiger partial charge on any atom is -0.344 e. The number of amides is 1. The Labute approximate surface area is 162 Å². The van der Waals surface area contributed by atoms with Gasteiger partial charge < -0.3 is 5.32 Å². The number of rotatable bonds is 4. The van der Waals surface area contributed by atoms with Crippen LogP contribution in [0.15, 0.2) is 89.7 Å². The van der Waals surface area contributed by atoms with Crippen molar-refractivity contribution in [3.63, 3.8) is 0 Å². The van der Waals surface area contributed by atoms with E-state index in [-0.39, 0.29) is 23.2 Å². The van der Waals surface area contributed by atoms with Gasteiger partial charge in [-0.05, 0) is 30.7 Å². The van der Waals surface area contributed by atoms with Crippen molar-refractivity contribution in [3.8, 4) is 5.69 Å². The quantitative estimate of drug-likeness (QED) is 0.594. The summed E-state index contributed by atoms with van der Waals surface area (Å²) in [6, 6.07) is 25.7.